The van der Waals surface area contributed by atoms with Crippen LogP contribution in [0.4, 0.5) is 39.5 Å². The first-order chi connectivity index (χ1) is 32.1. The predicted octanol–water partition coefficient (Wildman–Crippen LogP) is 15.4. The third kappa shape index (κ3) is 8.26. The van der Waals surface area contributed by atoms with Crippen LogP contribution in [0.25, 0.3) is 95.3 Å². The maximum absolute atomic E-state index is 15.6. The Morgan fingerprint density at radius 2 is 0.612 bits per heavy atom. The van der Waals surface area contributed by atoms with E-state index in [1.165, 1.54) is 0 Å². The molecule has 14 heteroatoms. The fraction of sp³-hybridized carbons (Fsp3) is 0.0566. The van der Waals surface area contributed by atoms with Gasteiger partial charge in [-0.1, -0.05) is 133 Å². The fourth-order valence-corrected chi connectivity index (χ4v) is 8.15. The molecule has 7 aromatic carbocycles. The molecule has 0 N–H and O–H groups in total. The summed E-state index contributed by atoms with van der Waals surface area (Å²) in [5.74, 6) is -0.641. The Morgan fingerprint density at radius 1 is 0.313 bits per heavy atom. The van der Waals surface area contributed by atoms with E-state index in [1.54, 1.807) is 133 Å². The molecular formula is C53H30F9N5. The Hall–Kier alpha value is -8.13. The Bertz CT molecular complexity index is 3130. The molecule has 0 radical (unpaired) electrons. The van der Waals surface area contributed by atoms with Gasteiger partial charge >= 0.3 is 18.5 Å². The monoisotopic (exact) mass is 907 g/mol. The van der Waals surface area contributed by atoms with Crippen LogP contribution >= 0.6 is 0 Å². The molecule has 0 atom stereocenters. The molecule has 0 aliphatic heterocycles. The number of fused-ring (bicyclic) bond motifs is 3. The number of hydrogen-bond acceptors (Lipinski definition) is 4. The van der Waals surface area contributed by atoms with Gasteiger partial charge in [0.25, 0.3) is 0 Å². The van der Waals surface area contributed by atoms with E-state index in [4.69, 9.17) is 19.9 Å². The highest BCUT2D eigenvalue weighted by atomic mass is 19.4. The van der Waals surface area contributed by atoms with Crippen LogP contribution in [0.5, 0.6) is 0 Å². The minimum Gasteiger partial charge on any atom is -0.308 e. The Morgan fingerprint density at radius 3 is 0.896 bits per heavy atom. The summed E-state index contributed by atoms with van der Waals surface area (Å²) < 4.78 is 136. The van der Waals surface area contributed by atoms with Gasteiger partial charge in [0.2, 0.25) is 0 Å². The zero-order valence-electron chi connectivity index (χ0n) is 34.5. The molecule has 0 saturated carbocycles. The number of rotatable bonds is 7. The molecule has 0 amide bonds. The summed E-state index contributed by atoms with van der Waals surface area (Å²) in [6.45, 7) is 0. The van der Waals surface area contributed by atoms with E-state index in [9.17, 15) is 26.3 Å². The molecule has 3 aromatic heterocycles. The van der Waals surface area contributed by atoms with Crippen LogP contribution in [-0.2, 0) is 18.5 Å². The Balaban J connectivity index is 1.43. The number of benzene rings is 7. The van der Waals surface area contributed by atoms with Gasteiger partial charge in [0.15, 0.2) is 11.6 Å². The molecule has 0 bridgehead atoms. The molecule has 330 valence electrons. The minimum atomic E-state index is -5.08. The van der Waals surface area contributed by atoms with Crippen LogP contribution < -0.4 is 0 Å². The van der Waals surface area contributed by atoms with Crippen LogP contribution in [0.3, 0.4) is 0 Å². The zero-order valence-corrected chi connectivity index (χ0v) is 34.5. The summed E-state index contributed by atoms with van der Waals surface area (Å²) in [5, 5.41) is 0.169. The standard InChI is InChI=1S/C53H30F9N5/c54-51(55,56)35-21-23-38-39-24-22-36(52(57,58)59)28-47(39)67(46(38)27-35)48-40(49-63-42(31-13-5-1-6-14-31)29-43(64-49)32-15-7-2-8-16-32)25-37(53(60,61)62)26-41(48)50-65-44(33-17-9-3-10-18-33)30-45(66-50)34-19-11-4-12-20-34/h1-30H. The lowest BCUT2D eigenvalue weighted by molar-refractivity contribution is -0.138. The third-order valence-electron chi connectivity index (χ3n) is 11.3. The minimum absolute atomic E-state index is 0.0846. The van der Waals surface area contributed by atoms with Gasteiger partial charge in [-0.2, -0.15) is 39.5 Å². The van der Waals surface area contributed by atoms with E-state index in [1.807, 2.05) is 0 Å². The van der Waals surface area contributed by atoms with E-state index in [0.717, 1.165) is 53.1 Å². The van der Waals surface area contributed by atoms with Gasteiger partial charge in [0.05, 0.1) is 56.2 Å². The average molecular weight is 908 g/mol. The molecule has 0 unspecified atom stereocenters. The van der Waals surface area contributed by atoms with Crippen molar-refractivity contribution >= 4 is 21.8 Å². The molecule has 67 heavy (non-hydrogen) atoms. The van der Waals surface area contributed by atoms with Gasteiger partial charge < -0.3 is 4.57 Å². The molecule has 10 aromatic rings. The maximum Gasteiger partial charge on any atom is 0.416 e. The van der Waals surface area contributed by atoms with Gasteiger partial charge in [-0.3, -0.25) is 0 Å². The lowest BCUT2D eigenvalue weighted by Gasteiger charge is -2.22. The van der Waals surface area contributed by atoms with Crippen LogP contribution in [-0.4, -0.2) is 24.5 Å². The summed E-state index contributed by atoms with van der Waals surface area (Å²) in [7, 11) is 0. The average Bonchev–Trinajstić information content (AvgIpc) is 3.66. The highest BCUT2D eigenvalue weighted by molar-refractivity contribution is 6.11. The third-order valence-corrected chi connectivity index (χ3v) is 11.3. The second-order valence-electron chi connectivity index (χ2n) is 15.6. The molecule has 0 aliphatic rings. The summed E-state index contributed by atoms with van der Waals surface area (Å²) in [4.78, 5) is 19.4. The number of hydrogen-bond donors (Lipinski definition) is 0. The molecule has 0 fully saturated rings. The van der Waals surface area contributed by atoms with E-state index >= 15 is 13.2 Å². The number of aromatic nitrogens is 5. The second kappa shape index (κ2) is 16.4. The van der Waals surface area contributed by atoms with Crippen LogP contribution in [0.2, 0.25) is 0 Å². The van der Waals surface area contributed by atoms with E-state index in [2.05, 4.69) is 0 Å². The number of halogens is 9. The van der Waals surface area contributed by atoms with E-state index in [0.29, 0.717) is 22.3 Å². The molecule has 3 heterocycles. The Kier molecular flexibility index (Phi) is 10.5. The predicted molar refractivity (Wildman–Crippen MR) is 240 cm³/mol. The van der Waals surface area contributed by atoms with Crippen molar-refractivity contribution < 1.29 is 39.5 Å². The number of alkyl halides is 9. The zero-order chi connectivity index (χ0) is 46.7. The maximum atomic E-state index is 15.6. The summed E-state index contributed by atoms with van der Waals surface area (Å²) in [5.41, 5.74) is -1.90. The Labute approximate surface area is 375 Å². The van der Waals surface area contributed by atoms with Crippen molar-refractivity contribution in [1.82, 2.24) is 24.5 Å². The van der Waals surface area contributed by atoms with Gasteiger partial charge in [-0.15, -0.1) is 0 Å². The molecule has 5 nitrogen and oxygen atoms in total. The van der Waals surface area contributed by atoms with Crippen LogP contribution in [0.1, 0.15) is 16.7 Å². The van der Waals surface area contributed by atoms with Gasteiger partial charge in [-0.25, -0.2) is 19.9 Å². The largest absolute Gasteiger partial charge is 0.416 e. The lowest BCUT2D eigenvalue weighted by Crippen LogP contribution is -2.12. The molecule has 0 saturated heterocycles. The van der Waals surface area contributed by atoms with E-state index in [-0.39, 0.29) is 73.0 Å². The van der Waals surface area contributed by atoms with Crippen LogP contribution in [0.15, 0.2) is 182 Å². The SMILES string of the molecule is FC(F)(F)c1cc(-c2nc(-c3ccccc3)cc(-c3ccccc3)n2)c(-n2c3cc(C(F)(F)F)ccc3c3ccc(C(F)(F)F)cc32)c(-c2nc(-c3ccccc3)cc(-c3ccccc3)n2)c1. The lowest BCUT2D eigenvalue weighted by atomic mass is 9.98. The summed E-state index contributed by atoms with van der Waals surface area (Å²) in [6.07, 6.45) is -14.9. The van der Waals surface area contributed by atoms with Gasteiger partial charge in [0, 0.05) is 44.2 Å². The first-order valence-corrected chi connectivity index (χ1v) is 20.6. The molecular weight excluding hydrogens is 878 g/mol. The fourth-order valence-electron chi connectivity index (χ4n) is 8.15. The molecule has 0 aliphatic carbocycles. The second-order valence-corrected chi connectivity index (χ2v) is 15.6. The first-order valence-electron chi connectivity index (χ1n) is 20.6. The molecule has 10 rings (SSSR count). The van der Waals surface area contributed by atoms with Crippen molar-refractivity contribution in [3.05, 3.63) is 199 Å². The topological polar surface area (TPSA) is 56.5 Å². The number of nitrogens with zero attached hydrogens (tertiary/aromatic N) is 5. The van der Waals surface area contributed by atoms with E-state index < -0.39 is 35.2 Å². The molecule has 0 spiro atoms. The van der Waals surface area contributed by atoms with Crippen molar-refractivity contribution in [3.8, 4) is 73.5 Å². The smallest absolute Gasteiger partial charge is 0.308 e. The highest BCUT2D eigenvalue weighted by Crippen LogP contribution is 2.47. The van der Waals surface area contributed by atoms with Crippen molar-refractivity contribution in [1.29, 1.82) is 0 Å². The van der Waals surface area contributed by atoms with Gasteiger partial charge in [-0.05, 0) is 48.5 Å². The van der Waals surface area contributed by atoms with Crippen molar-refractivity contribution in [3.63, 3.8) is 0 Å². The normalized spacial score (nSPS) is 12.3. The van der Waals surface area contributed by atoms with Crippen molar-refractivity contribution in [2.45, 2.75) is 18.5 Å². The first kappa shape index (κ1) is 42.8. The van der Waals surface area contributed by atoms with Gasteiger partial charge in [0.1, 0.15) is 0 Å². The van der Waals surface area contributed by atoms with Crippen LogP contribution in [0, 0.1) is 0 Å². The summed E-state index contributed by atoms with van der Waals surface area (Å²) >= 11 is 0. The van der Waals surface area contributed by atoms with Crippen molar-refractivity contribution in [2.24, 2.45) is 0 Å². The summed E-state index contributed by atoms with van der Waals surface area (Å²) in [6, 6.07) is 45.1. The quantitative estimate of drug-likeness (QED) is 0.150. The van der Waals surface area contributed by atoms with Crippen molar-refractivity contribution in [2.75, 3.05) is 0 Å². The highest BCUT2D eigenvalue weighted by Gasteiger charge is 2.37.